The molecule has 2 N–H and O–H groups in total. The summed E-state index contributed by atoms with van der Waals surface area (Å²) in [6.45, 7) is 7.41. The summed E-state index contributed by atoms with van der Waals surface area (Å²) >= 11 is 0. The van der Waals surface area contributed by atoms with Crippen LogP contribution in [0, 0.1) is 13.8 Å². The van der Waals surface area contributed by atoms with E-state index in [0.29, 0.717) is 6.54 Å². The maximum atomic E-state index is 12.4. The van der Waals surface area contributed by atoms with Gasteiger partial charge in [-0.15, -0.1) is 0 Å². The summed E-state index contributed by atoms with van der Waals surface area (Å²) in [7, 11) is 2.04. The number of rotatable bonds is 7. The van der Waals surface area contributed by atoms with E-state index < -0.39 is 0 Å². The zero-order valence-corrected chi connectivity index (χ0v) is 17.1. The minimum Gasteiger partial charge on any atom is -0.326 e. The van der Waals surface area contributed by atoms with E-state index in [1.54, 1.807) is 0 Å². The summed E-state index contributed by atoms with van der Waals surface area (Å²) in [5, 5.41) is 7.69. The maximum Gasteiger partial charge on any atom is 0.279 e. The molecule has 1 aromatic heterocycles. The van der Waals surface area contributed by atoms with Gasteiger partial charge in [0.1, 0.15) is 6.54 Å². The van der Waals surface area contributed by atoms with Crippen molar-refractivity contribution in [3.05, 3.63) is 77.1 Å². The number of benzene rings is 2. The first kappa shape index (κ1) is 19.8. The summed E-state index contributed by atoms with van der Waals surface area (Å²) in [6.07, 6.45) is 0.997. The summed E-state index contributed by atoms with van der Waals surface area (Å²) < 4.78 is 1.98. The van der Waals surface area contributed by atoms with Gasteiger partial charge in [-0.2, -0.15) is 5.10 Å². The van der Waals surface area contributed by atoms with Gasteiger partial charge < -0.3 is 10.2 Å². The normalized spacial score (nSPS) is 12.0. The summed E-state index contributed by atoms with van der Waals surface area (Å²) in [5.41, 5.74) is 6.50. The predicted molar refractivity (Wildman–Crippen MR) is 113 cm³/mol. The van der Waals surface area contributed by atoms with E-state index in [0.717, 1.165) is 40.6 Å². The van der Waals surface area contributed by atoms with Gasteiger partial charge in [0.25, 0.3) is 5.91 Å². The van der Waals surface area contributed by atoms with Crippen LogP contribution in [0.3, 0.4) is 0 Å². The second-order valence-corrected chi connectivity index (χ2v) is 7.31. The van der Waals surface area contributed by atoms with Gasteiger partial charge in [-0.3, -0.25) is 4.79 Å². The maximum absolute atomic E-state index is 12.4. The number of aromatic nitrogens is 2. The molecular weight excluding hydrogens is 348 g/mol. The van der Waals surface area contributed by atoms with Gasteiger partial charge in [-0.1, -0.05) is 37.3 Å². The Labute approximate surface area is 167 Å². The summed E-state index contributed by atoms with van der Waals surface area (Å²) in [6, 6.07) is 18.2. The number of carbonyl (C=O) groups excluding carboxylic acids is 1. The van der Waals surface area contributed by atoms with Crippen LogP contribution in [0.4, 0.5) is 5.69 Å². The fourth-order valence-electron chi connectivity index (χ4n) is 3.42. The topological polar surface area (TPSA) is 51.4 Å². The first-order valence-corrected chi connectivity index (χ1v) is 9.78. The largest absolute Gasteiger partial charge is 0.326 e. The van der Waals surface area contributed by atoms with E-state index in [1.165, 1.54) is 11.1 Å². The van der Waals surface area contributed by atoms with Gasteiger partial charge in [0.2, 0.25) is 0 Å². The second-order valence-electron chi connectivity index (χ2n) is 7.31. The third-order valence-corrected chi connectivity index (χ3v) is 5.03. The number of aryl methyl sites for hydroxylation is 2. The molecule has 1 heterocycles. The van der Waals surface area contributed by atoms with Crippen LogP contribution in [0.5, 0.6) is 0 Å². The number of anilines is 1. The monoisotopic (exact) mass is 377 g/mol. The highest BCUT2D eigenvalue weighted by Gasteiger charge is 2.18. The lowest BCUT2D eigenvalue weighted by atomic mass is 10.1. The molecule has 0 saturated heterocycles. The fourth-order valence-corrected chi connectivity index (χ4v) is 3.42. The Kier molecular flexibility index (Phi) is 6.26. The van der Waals surface area contributed by atoms with Crippen molar-refractivity contribution < 1.29 is 9.69 Å². The molecule has 3 aromatic rings. The van der Waals surface area contributed by atoms with E-state index in [1.807, 2.05) is 49.0 Å². The molecule has 146 valence electrons. The van der Waals surface area contributed by atoms with E-state index in [9.17, 15) is 4.79 Å². The summed E-state index contributed by atoms with van der Waals surface area (Å²) in [4.78, 5) is 13.5. The molecule has 5 nitrogen and oxygen atoms in total. The lowest BCUT2D eigenvalue weighted by Crippen LogP contribution is -3.08. The third kappa shape index (κ3) is 4.67. The molecule has 0 aliphatic heterocycles. The standard InChI is InChI=1S/C23H28N4O/c1-5-19-11-13-20(14-12-19)24-23(28)16-26(4)15-22-17(2)25-27(18(22)3)21-9-7-6-8-10-21/h6-14H,5,15-16H2,1-4H3,(H,24,28)/p+1. The molecule has 0 radical (unpaired) electrons. The van der Waals surface area contributed by atoms with Gasteiger partial charge >= 0.3 is 0 Å². The van der Waals surface area contributed by atoms with Crippen LogP contribution in [0.15, 0.2) is 54.6 Å². The Morgan fingerprint density at radius 1 is 1.07 bits per heavy atom. The molecule has 0 bridgehead atoms. The number of amides is 1. The minimum absolute atomic E-state index is 0.0208. The van der Waals surface area contributed by atoms with Crippen molar-refractivity contribution in [3.63, 3.8) is 0 Å². The lowest BCUT2D eigenvalue weighted by Gasteiger charge is -2.14. The Morgan fingerprint density at radius 2 is 1.75 bits per heavy atom. The second kappa shape index (κ2) is 8.85. The van der Waals surface area contributed by atoms with E-state index in [-0.39, 0.29) is 5.91 Å². The van der Waals surface area contributed by atoms with Crippen molar-refractivity contribution >= 4 is 11.6 Å². The molecule has 3 rings (SSSR count). The molecule has 0 aliphatic carbocycles. The average Bonchev–Trinajstić information content (AvgIpc) is 2.97. The predicted octanol–water partition coefficient (Wildman–Crippen LogP) is 2.70. The molecule has 0 saturated carbocycles. The molecule has 0 spiro atoms. The van der Waals surface area contributed by atoms with Gasteiger partial charge in [-0.25, -0.2) is 4.68 Å². The molecule has 1 unspecified atom stereocenters. The van der Waals surface area contributed by atoms with Gasteiger partial charge in [-0.05, 0) is 50.1 Å². The number of hydrogen-bond donors (Lipinski definition) is 2. The smallest absolute Gasteiger partial charge is 0.279 e. The van der Waals surface area contributed by atoms with Crippen LogP contribution >= 0.6 is 0 Å². The van der Waals surface area contributed by atoms with Crippen molar-refractivity contribution in [1.82, 2.24) is 9.78 Å². The minimum atomic E-state index is 0.0208. The Morgan fingerprint density at radius 3 is 2.39 bits per heavy atom. The highest BCUT2D eigenvalue weighted by molar-refractivity contribution is 5.91. The zero-order chi connectivity index (χ0) is 20.1. The Balaban J connectivity index is 1.63. The fraction of sp³-hybridized carbons (Fsp3) is 0.304. The average molecular weight is 378 g/mol. The van der Waals surface area contributed by atoms with Crippen molar-refractivity contribution in [1.29, 1.82) is 0 Å². The number of nitrogens with zero attached hydrogens (tertiary/aromatic N) is 2. The van der Waals surface area contributed by atoms with E-state index in [4.69, 9.17) is 5.10 Å². The number of nitrogens with one attached hydrogen (secondary N) is 2. The van der Waals surface area contributed by atoms with Crippen LogP contribution in [-0.4, -0.2) is 29.3 Å². The van der Waals surface area contributed by atoms with Crippen LogP contribution in [0.1, 0.15) is 29.4 Å². The quantitative estimate of drug-likeness (QED) is 0.665. The van der Waals surface area contributed by atoms with Crippen LogP contribution in [0.25, 0.3) is 5.69 Å². The number of carbonyl (C=O) groups is 1. The van der Waals surface area contributed by atoms with Crippen LogP contribution < -0.4 is 10.2 Å². The van der Waals surface area contributed by atoms with Gasteiger partial charge in [0.05, 0.1) is 29.7 Å². The highest BCUT2D eigenvalue weighted by Crippen LogP contribution is 2.17. The van der Waals surface area contributed by atoms with Crippen molar-refractivity contribution in [2.45, 2.75) is 33.7 Å². The molecule has 0 aliphatic rings. The zero-order valence-electron chi connectivity index (χ0n) is 17.1. The molecule has 0 fully saturated rings. The van der Waals surface area contributed by atoms with Crippen LogP contribution in [-0.2, 0) is 17.8 Å². The highest BCUT2D eigenvalue weighted by atomic mass is 16.2. The molecule has 28 heavy (non-hydrogen) atoms. The molecule has 5 heteroatoms. The number of likely N-dealkylation sites (N-methyl/N-ethyl adjacent to an activating group) is 1. The van der Waals surface area contributed by atoms with Crippen molar-refractivity contribution in [2.24, 2.45) is 0 Å². The molecule has 1 amide bonds. The van der Waals surface area contributed by atoms with E-state index in [2.05, 4.69) is 43.4 Å². The summed E-state index contributed by atoms with van der Waals surface area (Å²) in [5.74, 6) is 0.0208. The van der Waals surface area contributed by atoms with Gasteiger partial charge in [0.15, 0.2) is 6.54 Å². The molecular formula is C23H29N4O+. The molecule has 1 atom stereocenters. The van der Waals surface area contributed by atoms with Gasteiger partial charge in [0, 0.05) is 5.69 Å². The number of quaternary nitrogens is 1. The number of hydrogen-bond acceptors (Lipinski definition) is 2. The SMILES string of the molecule is CCc1ccc(NC(=O)C[NH+](C)Cc2c(C)nn(-c3ccccc3)c2C)cc1. The van der Waals surface area contributed by atoms with Crippen LogP contribution in [0.2, 0.25) is 0 Å². The van der Waals surface area contributed by atoms with E-state index >= 15 is 0 Å². The van der Waals surface area contributed by atoms with Crippen molar-refractivity contribution in [3.8, 4) is 5.69 Å². The Hall–Kier alpha value is -2.92. The van der Waals surface area contributed by atoms with Crippen molar-refractivity contribution in [2.75, 3.05) is 18.9 Å². The first-order valence-electron chi connectivity index (χ1n) is 9.78. The Bertz CT molecular complexity index is 929. The first-order chi connectivity index (χ1) is 13.5. The molecule has 2 aromatic carbocycles. The third-order valence-electron chi connectivity index (χ3n) is 5.03. The lowest BCUT2D eigenvalue weighted by molar-refractivity contribution is -0.885. The number of para-hydroxylation sites is 1.